The summed E-state index contributed by atoms with van der Waals surface area (Å²) in [5.74, 6) is 1.55. The van der Waals surface area contributed by atoms with Gasteiger partial charge >= 0.3 is 0 Å². The minimum Gasteiger partial charge on any atom is -0.454 e. The van der Waals surface area contributed by atoms with Crippen molar-refractivity contribution in [3.8, 4) is 11.5 Å². The Hall–Kier alpha value is -1.56. The lowest BCUT2D eigenvalue weighted by molar-refractivity contribution is 0.00502. The Morgan fingerprint density at radius 1 is 1.09 bits per heavy atom. The van der Waals surface area contributed by atoms with E-state index >= 15 is 0 Å². The van der Waals surface area contributed by atoms with Crippen LogP contribution in [0.25, 0.3) is 0 Å². The third-order valence-electron chi connectivity index (χ3n) is 4.61. The molecule has 0 N–H and O–H groups in total. The molecule has 2 aliphatic rings. The van der Waals surface area contributed by atoms with Gasteiger partial charge in [0.15, 0.2) is 11.5 Å². The molecule has 120 valence electrons. The van der Waals surface area contributed by atoms with Crippen LogP contribution in [0.5, 0.6) is 11.5 Å². The number of ether oxygens (including phenoxy) is 3. The molecule has 1 fully saturated rings. The van der Waals surface area contributed by atoms with Crippen molar-refractivity contribution in [3.05, 3.63) is 58.1 Å². The minimum atomic E-state index is -0.126. The number of hydrogen-bond acceptors (Lipinski definition) is 4. The van der Waals surface area contributed by atoms with Crippen LogP contribution in [0.1, 0.15) is 30.4 Å². The third-order valence-corrected chi connectivity index (χ3v) is 5.30. The van der Waals surface area contributed by atoms with Crippen LogP contribution in [0, 0.1) is 0 Å². The topological polar surface area (TPSA) is 30.9 Å². The van der Waals surface area contributed by atoms with Crippen LogP contribution in [-0.4, -0.2) is 24.8 Å². The first-order valence-electron chi connectivity index (χ1n) is 7.66. The van der Waals surface area contributed by atoms with Crippen LogP contribution in [0.2, 0.25) is 0 Å². The quantitative estimate of drug-likeness (QED) is 0.784. The zero-order valence-electron chi connectivity index (χ0n) is 13.0. The molecular formula is C18H18BrNO3. The maximum Gasteiger partial charge on any atom is 0.231 e. The van der Waals surface area contributed by atoms with Crippen molar-refractivity contribution in [3.63, 3.8) is 0 Å². The van der Waals surface area contributed by atoms with Crippen LogP contribution >= 0.6 is 15.9 Å². The van der Waals surface area contributed by atoms with Gasteiger partial charge in [0.1, 0.15) is 12.3 Å². The second-order valence-electron chi connectivity index (χ2n) is 5.95. The fraction of sp³-hybridized carbons (Fsp3) is 0.333. The van der Waals surface area contributed by atoms with Crippen molar-refractivity contribution in [1.82, 2.24) is 4.90 Å². The number of halogens is 1. The Morgan fingerprint density at radius 2 is 1.78 bits per heavy atom. The van der Waals surface area contributed by atoms with Crippen molar-refractivity contribution in [2.24, 2.45) is 0 Å². The molecule has 2 aromatic carbocycles. The zero-order chi connectivity index (χ0) is 16.0. The molecule has 0 aromatic heterocycles. The molecule has 0 amide bonds. The highest BCUT2D eigenvalue weighted by atomic mass is 79.9. The molecule has 0 saturated carbocycles. The maximum atomic E-state index is 6.40. The van der Waals surface area contributed by atoms with E-state index in [0.717, 1.165) is 21.5 Å². The summed E-state index contributed by atoms with van der Waals surface area (Å²) in [7, 11) is 2.09. The monoisotopic (exact) mass is 375 g/mol. The Labute approximate surface area is 144 Å². The molecule has 2 aromatic rings. The van der Waals surface area contributed by atoms with Gasteiger partial charge < -0.3 is 14.2 Å². The second-order valence-corrected chi connectivity index (χ2v) is 6.81. The second kappa shape index (κ2) is 5.82. The van der Waals surface area contributed by atoms with Crippen molar-refractivity contribution in [1.29, 1.82) is 0 Å². The van der Waals surface area contributed by atoms with Crippen molar-refractivity contribution in [2.45, 2.75) is 25.3 Å². The predicted octanol–water partition coefficient (Wildman–Crippen LogP) is 4.27. The summed E-state index contributed by atoms with van der Waals surface area (Å²) in [6, 6.07) is 14.6. The largest absolute Gasteiger partial charge is 0.454 e. The van der Waals surface area contributed by atoms with Gasteiger partial charge in [-0.05, 0) is 31.7 Å². The van der Waals surface area contributed by atoms with E-state index in [2.05, 4.69) is 59.1 Å². The fourth-order valence-electron chi connectivity index (χ4n) is 3.19. The van der Waals surface area contributed by atoms with Crippen molar-refractivity contribution >= 4 is 15.9 Å². The molecule has 0 bridgehead atoms. The molecule has 23 heavy (non-hydrogen) atoms. The lowest BCUT2D eigenvalue weighted by Crippen LogP contribution is -2.27. The van der Waals surface area contributed by atoms with Gasteiger partial charge in [-0.2, -0.15) is 0 Å². The number of benzene rings is 2. The first kappa shape index (κ1) is 15.0. The van der Waals surface area contributed by atoms with Crippen LogP contribution in [-0.2, 0) is 4.74 Å². The van der Waals surface area contributed by atoms with E-state index in [4.69, 9.17) is 14.2 Å². The Morgan fingerprint density at radius 3 is 2.52 bits per heavy atom. The molecule has 0 radical (unpaired) electrons. The molecule has 0 unspecified atom stereocenters. The average Bonchev–Trinajstić information content (AvgIpc) is 3.13. The SMILES string of the molecule is C[C@H]1[C@H](c2ccccc2)O[C@@H](c2cc3c(cc2Br)OCO3)N1C. The zero-order valence-corrected chi connectivity index (χ0v) is 14.6. The highest BCUT2D eigenvalue weighted by molar-refractivity contribution is 9.10. The van der Waals surface area contributed by atoms with Gasteiger partial charge in [0.05, 0.1) is 0 Å². The molecule has 2 aliphatic heterocycles. The molecule has 4 rings (SSSR count). The summed E-state index contributed by atoms with van der Waals surface area (Å²) in [4.78, 5) is 2.25. The molecule has 0 aliphatic carbocycles. The molecule has 0 spiro atoms. The van der Waals surface area contributed by atoms with Gasteiger partial charge in [-0.25, -0.2) is 0 Å². The number of hydrogen-bond donors (Lipinski definition) is 0. The highest BCUT2D eigenvalue weighted by Crippen LogP contribution is 2.46. The lowest BCUT2D eigenvalue weighted by Gasteiger charge is -2.22. The average molecular weight is 376 g/mol. The van der Waals surface area contributed by atoms with E-state index in [9.17, 15) is 0 Å². The van der Waals surface area contributed by atoms with Crippen molar-refractivity contribution in [2.75, 3.05) is 13.8 Å². The first-order chi connectivity index (χ1) is 11.1. The summed E-state index contributed by atoms with van der Waals surface area (Å²) in [6.45, 7) is 2.47. The van der Waals surface area contributed by atoms with Gasteiger partial charge in [-0.1, -0.05) is 46.3 Å². The smallest absolute Gasteiger partial charge is 0.231 e. The van der Waals surface area contributed by atoms with Gasteiger partial charge in [0.25, 0.3) is 0 Å². The Bertz CT molecular complexity index is 722. The molecule has 5 heteroatoms. The predicted molar refractivity (Wildman–Crippen MR) is 90.5 cm³/mol. The maximum absolute atomic E-state index is 6.40. The normalized spacial score (nSPS) is 26.7. The molecular weight excluding hydrogens is 358 g/mol. The van der Waals surface area contributed by atoms with E-state index in [-0.39, 0.29) is 25.2 Å². The number of nitrogens with zero attached hydrogens (tertiary/aromatic N) is 1. The van der Waals surface area contributed by atoms with Gasteiger partial charge in [0, 0.05) is 16.1 Å². The van der Waals surface area contributed by atoms with Gasteiger partial charge in [-0.3, -0.25) is 4.90 Å². The van der Waals surface area contributed by atoms with E-state index in [1.54, 1.807) is 0 Å². The van der Waals surface area contributed by atoms with E-state index in [0.29, 0.717) is 0 Å². The summed E-state index contributed by atoms with van der Waals surface area (Å²) >= 11 is 3.64. The van der Waals surface area contributed by atoms with Crippen LogP contribution in [0.3, 0.4) is 0 Å². The van der Waals surface area contributed by atoms with E-state index in [1.807, 2.05) is 18.2 Å². The molecule has 1 saturated heterocycles. The first-order valence-corrected chi connectivity index (χ1v) is 8.46. The van der Waals surface area contributed by atoms with E-state index < -0.39 is 0 Å². The third kappa shape index (κ3) is 2.53. The highest BCUT2D eigenvalue weighted by Gasteiger charge is 2.40. The summed E-state index contributed by atoms with van der Waals surface area (Å²) < 4.78 is 18.3. The van der Waals surface area contributed by atoms with Gasteiger partial charge in [-0.15, -0.1) is 0 Å². The summed E-state index contributed by atoms with van der Waals surface area (Å²) in [5, 5.41) is 0. The van der Waals surface area contributed by atoms with Gasteiger partial charge in [0.2, 0.25) is 6.79 Å². The van der Waals surface area contributed by atoms with Crippen LogP contribution in [0.4, 0.5) is 0 Å². The fourth-order valence-corrected chi connectivity index (χ4v) is 3.71. The minimum absolute atomic E-state index is 0.0449. The molecule has 3 atom stereocenters. The standard InChI is InChI=1S/C18H18BrNO3/c1-11-17(12-6-4-3-5-7-12)23-18(20(11)2)13-8-15-16(9-14(13)19)22-10-21-15/h3-9,11,17-18H,10H2,1-2H3/t11-,17+,18-/m0/s1. The number of rotatable bonds is 2. The summed E-state index contributed by atoms with van der Waals surface area (Å²) in [5.41, 5.74) is 2.26. The number of likely N-dealkylation sites (N-methyl/N-ethyl adjacent to an activating group) is 1. The number of fused-ring (bicyclic) bond motifs is 1. The molecule has 4 nitrogen and oxygen atoms in total. The molecule has 2 heterocycles. The Kier molecular flexibility index (Phi) is 3.79. The van der Waals surface area contributed by atoms with Crippen LogP contribution < -0.4 is 9.47 Å². The van der Waals surface area contributed by atoms with Crippen LogP contribution in [0.15, 0.2) is 46.9 Å². The lowest BCUT2D eigenvalue weighted by atomic mass is 10.0. The van der Waals surface area contributed by atoms with E-state index in [1.165, 1.54) is 5.56 Å². The Balaban J connectivity index is 1.68. The summed E-state index contributed by atoms with van der Waals surface area (Å²) in [6.07, 6.45) is -0.0809. The van der Waals surface area contributed by atoms with Crippen molar-refractivity contribution < 1.29 is 14.2 Å².